The highest BCUT2D eigenvalue weighted by molar-refractivity contribution is 5.90. The van der Waals surface area contributed by atoms with E-state index in [2.05, 4.69) is 36.6 Å². The van der Waals surface area contributed by atoms with Gasteiger partial charge in [-0.3, -0.25) is 20.1 Å². The minimum Gasteiger partial charge on any atom is -0.444 e. The first-order chi connectivity index (χ1) is 28.7. The van der Waals surface area contributed by atoms with Crippen molar-refractivity contribution in [3.05, 3.63) is 12.2 Å². The van der Waals surface area contributed by atoms with Crippen molar-refractivity contribution in [3.63, 3.8) is 0 Å². The molecule has 0 radical (unpaired) electrons. The van der Waals surface area contributed by atoms with Crippen molar-refractivity contribution in [2.45, 2.75) is 231 Å². The van der Waals surface area contributed by atoms with E-state index >= 15 is 0 Å². The molecule has 0 unspecified atom stereocenters. The zero-order valence-electron chi connectivity index (χ0n) is 38.5. The van der Waals surface area contributed by atoms with Crippen molar-refractivity contribution < 1.29 is 44.0 Å². The highest BCUT2D eigenvalue weighted by atomic mass is 16.6. The second-order valence-electron chi connectivity index (χ2n) is 17.9. The van der Waals surface area contributed by atoms with Crippen LogP contribution in [0.3, 0.4) is 0 Å². The van der Waals surface area contributed by atoms with Gasteiger partial charge in [0.2, 0.25) is 17.7 Å². The average Bonchev–Trinajstić information content (AvgIpc) is 3.20. The number of unbranched alkanes of at least 4 members (excludes halogenated alkanes) is 22. The molecule has 13 nitrogen and oxygen atoms in total. The summed E-state index contributed by atoms with van der Waals surface area (Å²) in [6, 6.07) is 0. The molecule has 5 atom stereocenters. The Balaban J connectivity index is 2.92. The van der Waals surface area contributed by atoms with Gasteiger partial charge >= 0.3 is 6.09 Å². The fourth-order valence-corrected chi connectivity index (χ4v) is 7.76. The molecule has 60 heavy (non-hydrogen) atoms. The number of alkyl carbamates (subject to hydrolysis) is 1. The Morgan fingerprint density at radius 3 is 1.63 bits per heavy atom. The third-order valence-electron chi connectivity index (χ3n) is 11.2. The summed E-state index contributed by atoms with van der Waals surface area (Å²) in [6.07, 6.45) is 27.1. The van der Waals surface area contributed by atoms with Gasteiger partial charge in [-0.2, -0.15) is 0 Å². The average molecular weight is 853 g/mol. The molecule has 1 heterocycles. The predicted octanol–water partition coefficient (Wildman–Crippen LogP) is 8.11. The lowest BCUT2D eigenvalue weighted by Gasteiger charge is -2.52. The molecule has 1 rings (SSSR count). The Hall–Kier alpha value is -2.58. The Labute approximate surface area is 363 Å². The molecular formula is C47H88N4O9. The number of ketones is 1. The molecule has 350 valence electrons. The maximum absolute atomic E-state index is 14.1. The van der Waals surface area contributed by atoms with E-state index < -0.39 is 73.2 Å². The number of hydrogen-bond acceptors (Lipinski definition) is 10. The van der Waals surface area contributed by atoms with Crippen LogP contribution in [0.4, 0.5) is 4.79 Å². The Morgan fingerprint density at radius 2 is 1.15 bits per heavy atom. The molecule has 0 bridgehead atoms. The van der Waals surface area contributed by atoms with Crippen LogP contribution in [0.15, 0.2) is 12.2 Å². The monoisotopic (exact) mass is 853 g/mol. The number of nitrogens with one attached hydrogen (secondary N) is 2. The minimum absolute atomic E-state index is 0.148. The topological polar surface area (TPSA) is 201 Å². The van der Waals surface area contributed by atoms with Crippen LogP contribution in [0.1, 0.15) is 202 Å². The summed E-state index contributed by atoms with van der Waals surface area (Å²) in [5.74, 6) is -5.68. The summed E-state index contributed by atoms with van der Waals surface area (Å²) in [4.78, 5) is 53.9. The molecule has 0 aliphatic carbocycles. The fourth-order valence-electron chi connectivity index (χ4n) is 7.76. The molecule has 1 saturated heterocycles. The van der Waals surface area contributed by atoms with E-state index in [4.69, 9.17) is 15.2 Å². The minimum atomic E-state index is -2.21. The number of carbonyl (C=O) groups is 4. The van der Waals surface area contributed by atoms with E-state index in [9.17, 15) is 34.5 Å². The molecule has 1 fully saturated rings. The van der Waals surface area contributed by atoms with Gasteiger partial charge in [0, 0.05) is 13.0 Å². The second kappa shape index (κ2) is 33.0. The lowest BCUT2D eigenvalue weighted by Crippen LogP contribution is -2.75. The Kier molecular flexibility index (Phi) is 30.5. The number of hydrogen-bond donors (Lipinski definition) is 6. The summed E-state index contributed by atoms with van der Waals surface area (Å²) in [7, 11) is 0. The molecular weight excluding hydrogens is 765 g/mol. The van der Waals surface area contributed by atoms with Gasteiger partial charge in [-0.25, -0.2) is 4.79 Å². The van der Waals surface area contributed by atoms with E-state index in [1.165, 1.54) is 88.4 Å². The number of amides is 3. The number of aliphatic hydroxyl groups is 3. The molecule has 13 heteroatoms. The van der Waals surface area contributed by atoms with Gasteiger partial charge in [0.25, 0.3) is 0 Å². The third kappa shape index (κ3) is 24.2. The standard InChI is InChI=1S/C47H88N4O9/c1-6-8-10-12-14-16-18-20-21-22-23-25-27-29-31-33-41(55)51(34-32-30-28-26-24-19-17-15-13-11-9-7-2)47(48)42(44(57)43(56)39(37-52)59-47)38(53)35-49-40(54)36-50-45(58)60-46(3,4)5/h20-21,39,42-44,52,56-57H,6-19,22-37,48H2,1-5H3,(H,49,54)(H,50,58)/b21-20-/t39-,42-,43-,44-,47+/m1/s1. The number of nitrogens with zero attached hydrogens (tertiary/aromatic N) is 1. The van der Waals surface area contributed by atoms with E-state index in [0.29, 0.717) is 12.8 Å². The molecule has 0 spiro atoms. The smallest absolute Gasteiger partial charge is 0.408 e. The van der Waals surface area contributed by atoms with E-state index in [1.54, 1.807) is 20.8 Å². The second-order valence-corrected chi connectivity index (χ2v) is 17.9. The van der Waals surface area contributed by atoms with Crippen molar-refractivity contribution >= 4 is 23.7 Å². The molecule has 3 amide bonds. The van der Waals surface area contributed by atoms with Crippen LogP contribution in [0.25, 0.3) is 0 Å². The summed E-state index contributed by atoms with van der Waals surface area (Å²) in [5, 5.41) is 37.1. The van der Waals surface area contributed by atoms with Crippen LogP contribution in [0.5, 0.6) is 0 Å². The van der Waals surface area contributed by atoms with Gasteiger partial charge in [-0.1, -0.05) is 148 Å². The number of Topliss-reactive ketones (excluding diaryl/α,β-unsaturated/α-hetero) is 1. The van der Waals surface area contributed by atoms with Crippen LogP contribution in [-0.2, 0) is 23.9 Å². The van der Waals surface area contributed by atoms with Crippen LogP contribution < -0.4 is 16.4 Å². The number of rotatable bonds is 35. The van der Waals surface area contributed by atoms with Crippen molar-refractivity contribution in [1.29, 1.82) is 0 Å². The molecule has 1 aliphatic heterocycles. The summed E-state index contributed by atoms with van der Waals surface area (Å²) < 4.78 is 11.2. The van der Waals surface area contributed by atoms with Crippen molar-refractivity contribution in [3.8, 4) is 0 Å². The van der Waals surface area contributed by atoms with Crippen LogP contribution in [0, 0.1) is 5.92 Å². The Morgan fingerprint density at radius 1 is 0.683 bits per heavy atom. The first kappa shape index (κ1) is 55.4. The van der Waals surface area contributed by atoms with Crippen molar-refractivity contribution in [2.24, 2.45) is 11.7 Å². The maximum atomic E-state index is 14.1. The van der Waals surface area contributed by atoms with Crippen molar-refractivity contribution in [1.82, 2.24) is 15.5 Å². The van der Waals surface area contributed by atoms with Gasteiger partial charge < -0.3 is 40.3 Å². The Bertz CT molecular complexity index is 1200. The van der Waals surface area contributed by atoms with Gasteiger partial charge in [0.1, 0.15) is 30.3 Å². The lowest BCUT2D eigenvalue weighted by atomic mass is 9.82. The quantitative estimate of drug-likeness (QED) is 0.0206. The molecule has 7 N–H and O–H groups in total. The number of allylic oxidation sites excluding steroid dienone is 2. The molecule has 0 aromatic rings. The van der Waals surface area contributed by atoms with Gasteiger partial charge in [0.05, 0.1) is 19.3 Å². The largest absolute Gasteiger partial charge is 0.444 e. The third-order valence-corrected chi connectivity index (χ3v) is 11.2. The van der Waals surface area contributed by atoms with Gasteiger partial charge in [-0.05, 0) is 59.3 Å². The normalized spacial score (nSPS) is 20.6. The number of ether oxygens (including phenoxy) is 2. The summed E-state index contributed by atoms with van der Waals surface area (Å²) in [5.41, 5.74) is 6.14. The van der Waals surface area contributed by atoms with Crippen LogP contribution in [0.2, 0.25) is 0 Å². The van der Waals surface area contributed by atoms with E-state index in [-0.39, 0.29) is 18.9 Å². The SMILES string of the molecule is CCCCCCCC/C=C\CCCCCCCC(=O)N(CCCCCCCCCCCCCC)[C@]1(N)O[C@H](CO)[C@@H](O)[C@H](O)[C@H]1C(=O)CNC(=O)CNC(=O)OC(C)(C)C. The molecule has 0 aromatic carbocycles. The number of nitrogens with two attached hydrogens (primary N) is 1. The first-order valence-electron chi connectivity index (χ1n) is 23.9. The lowest BCUT2D eigenvalue weighted by molar-refractivity contribution is -0.291. The summed E-state index contributed by atoms with van der Waals surface area (Å²) >= 11 is 0. The number of carbonyl (C=O) groups excluding carboxylic acids is 4. The van der Waals surface area contributed by atoms with Gasteiger partial charge in [-0.15, -0.1) is 0 Å². The van der Waals surface area contributed by atoms with Crippen LogP contribution >= 0.6 is 0 Å². The van der Waals surface area contributed by atoms with Crippen LogP contribution in [-0.4, -0.2) is 99.9 Å². The molecule has 0 aromatic heterocycles. The molecule has 1 aliphatic rings. The summed E-state index contributed by atoms with van der Waals surface area (Å²) in [6.45, 7) is 7.85. The molecule has 0 saturated carbocycles. The van der Waals surface area contributed by atoms with E-state index in [1.807, 2.05) is 0 Å². The number of aliphatic hydroxyl groups excluding tert-OH is 3. The highest BCUT2D eigenvalue weighted by Gasteiger charge is 2.58. The first-order valence-corrected chi connectivity index (χ1v) is 23.9. The predicted molar refractivity (Wildman–Crippen MR) is 239 cm³/mol. The van der Waals surface area contributed by atoms with Crippen molar-refractivity contribution in [2.75, 3.05) is 26.2 Å². The van der Waals surface area contributed by atoms with E-state index in [0.717, 1.165) is 64.2 Å². The van der Waals surface area contributed by atoms with Gasteiger partial charge in [0.15, 0.2) is 5.78 Å². The maximum Gasteiger partial charge on any atom is 0.408 e. The highest BCUT2D eigenvalue weighted by Crippen LogP contribution is 2.36. The fraction of sp³-hybridized carbons (Fsp3) is 0.872. The zero-order valence-corrected chi connectivity index (χ0v) is 38.5. The zero-order chi connectivity index (χ0) is 44.7.